The van der Waals surface area contributed by atoms with Crippen molar-refractivity contribution in [2.75, 3.05) is 14.2 Å². The molecule has 0 radical (unpaired) electrons. The highest BCUT2D eigenvalue weighted by molar-refractivity contribution is 5.94. The number of ether oxygens (including phenoxy) is 3. The Bertz CT molecular complexity index is 1000. The third-order valence-corrected chi connectivity index (χ3v) is 4.55. The number of aromatic hydroxyl groups is 1. The Balaban J connectivity index is 1.73. The van der Waals surface area contributed by atoms with Gasteiger partial charge in [0.2, 0.25) is 5.75 Å². The molecule has 0 aliphatic heterocycles. The van der Waals surface area contributed by atoms with Gasteiger partial charge in [0.25, 0.3) is 0 Å². The Morgan fingerprint density at radius 1 is 0.900 bits per heavy atom. The van der Waals surface area contributed by atoms with Crippen molar-refractivity contribution in [1.29, 1.82) is 0 Å². The zero-order valence-electron chi connectivity index (χ0n) is 17.0. The van der Waals surface area contributed by atoms with Crippen molar-refractivity contribution in [3.8, 4) is 28.7 Å². The Morgan fingerprint density at radius 2 is 1.53 bits per heavy atom. The molecule has 0 fully saturated rings. The Morgan fingerprint density at radius 3 is 2.20 bits per heavy atom. The highest BCUT2D eigenvalue weighted by atomic mass is 16.5. The molecule has 0 bridgehead atoms. The summed E-state index contributed by atoms with van der Waals surface area (Å²) in [6.07, 6.45) is 4.46. The number of carbonyl (C=O) groups excluding carboxylic acids is 1. The fourth-order valence-corrected chi connectivity index (χ4v) is 2.94. The lowest BCUT2D eigenvalue weighted by Gasteiger charge is -2.13. The molecule has 3 aromatic carbocycles. The van der Waals surface area contributed by atoms with Gasteiger partial charge in [-0.2, -0.15) is 0 Å². The van der Waals surface area contributed by atoms with Crippen LogP contribution in [0.1, 0.15) is 17.5 Å². The molecule has 0 aromatic heterocycles. The molecule has 0 saturated heterocycles. The molecule has 30 heavy (non-hydrogen) atoms. The SMILES string of the molecule is COc1cc(Oc2ccccc2C=CC(=O)CCc2ccccc2)cc(OC)c1O. The van der Waals surface area contributed by atoms with Gasteiger partial charge in [-0.05, 0) is 30.2 Å². The average Bonchev–Trinajstić information content (AvgIpc) is 2.78. The number of aryl methyl sites for hydroxylation is 1. The van der Waals surface area contributed by atoms with E-state index in [2.05, 4.69) is 0 Å². The van der Waals surface area contributed by atoms with Gasteiger partial charge < -0.3 is 19.3 Å². The van der Waals surface area contributed by atoms with Crippen LogP contribution in [-0.2, 0) is 11.2 Å². The fraction of sp³-hybridized carbons (Fsp3) is 0.160. The zero-order chi connectivity index (χ0) is 21.3. The lowest BCUT2D eigenvalue weighted by Crippen LogP contribution is -1.96. The van der Waals surface area contributed by atoms with Crippen LogP contribution < -0.4 is 14.2 Å². The van der Waals surface area contributed by atoms with E-state index in [4.69, 9.17) is 14.2 Å². The van der Waals surface area contributed by atoms with Crippen LogP contribution in [0.4, 0.5) is 0 Å². The summed E-state index contributed by atoms with van der Waals surface area (Å²) >= 11 is 0. The molecular weight excluding hydrogens is 380 g/mol. The van der Waals surface area contributed by atoms with E-state index in [0.29, 0.717) is 24.3 Å². The van der Waals surface area contributed by atoms with Crippen LogP contribution in [0.5, 0.6) is 28.7 Å². The number of ketones is 1. The van der Waals surface area contributed by atoms with Crippen molar-refractivity contribution < 1.29 is 24.1 Å². The van der Waals surface area contributed by atoms with Gasteiger partial charge in [-0.1, -0.05) is 48.5 Å². The summed E-state index contributed by atoms with van der Waals surface area (Å²) in [5, 5.41) is 10.1. The second-order valence-electron chi connectivity index (χ2n) is 6.60. The number of hydrogen-bond acceptors (Lipinski definition) is 5. The molecule has 3 rings (SSSR count). The first-order chi connectivity index (χ1) is 14.6. The molecule has 0 unspecified atom stereocenters. The smallest absolute Gasteiger partial charge is 0.201 e. The van der Waals surface area contributed by atoms with Crippen molar-refractivity contribution in [2.45, 2.75) is 12.8 Å². The Kier molecular flexibility index (Phi) is 7.11. The molecule has 0 atom stereocenters. The number of hydrogen-bond donors (Lipinski definition) is 1. The van der Waals surface area contributed by atoms with E-state index in [0.717, 1.165) is 11.1 Å². The maximum absolute atomic E-state index is 12.3. The summed E-state index contributed by atoms with van der Waals surface area (Å²) in [5.41, 5.74) is 1.90. The van der Waals surface area contributed by atoms with E-state index in [1.165, 1.54) is 14.2 Å². The van der Waals surface area contributed by atoms with Gasteiger partial charge >= 0.3 is 0 Å². The van der Waals surface area contributed by atoms with E-state index < -0.39 is 0 Å². The fourth-order valence-electron chi connectivity index (χ4n) is 2.94. The predicted molar refractivity (Wildman–Crippen MR) is 117 cm³/mol. The second kappa shape index (κ2) is 10.2. The summed E-state index contributed by atoms with van der Waals surface area (Å²) in [6.45, 7) is 0. The molecule has 0 aliphatic rings. The summed E-state index contributed by atoms with van der Waals surface area (Å²) in [7, 11) is 2.91. The first-order valence-electron chi connectivity index (χ1n) is 9.57. The maximum Gasteiger partial charge on any atom is 0.201 e. The van der Waals surface area contributed by atoms with Crippen LogP contribution >= 0.6 is 0 Å². The number of carbonyl (C=O) groups is 1. The largest absolute Gasteiger partial charge is 0.502 e. The number of rotatable bonds is 9. The van der Waals surface area contributed by atoms with Crippen LogP contribution in [-0.4, -0.2) is 25.1 Å². The summed E-state index contributed by atoms with van der Waals surface area (Å²) < 4.78 is 16.3. The molecule has 154 valence electrons. The van der Waals surface area contributed by atoms with E-state index in [1.54, 1.807) is 30.4 Å². The normalized spacial score (nSPS) is 10.7. The molecule has 0 amide bonds. The summed E-state index contributed by atoms with van der Waals surface area (Å²) in [6, 6.07) is 20.5. The third kappa shape index (κ3) is 5.41. The van der Waals surface area contributed by atoms with Gasteiger partial charge in [-0.3, -0.25) is 4.79 Å². The van der Waals surface area contributed by atoms with Crippen LogP contribution in [0, 0.1) is 0 Å². The van der Waals surface area contributed by atoms with E-state index in [-0.39, 0.29) is 23.0 Å². The molecule has 3 aromatic rings. The van der Waals surface area contributed by atoms with Gasteiger partial charge in [0.15, 0.2) is 17.3 Å². The summed E-state index contributed by atoms with van der Waals surface area (Å²) in [5.74, 6) is 1.45. The predicted octanol–water partition coefficient (Wildman–Crippen LogP) is 5.42. The van der Waals surface area contributed by atoms with Gasteiger partial charge in [-0.15, -0.1) is 0 Å². The van der Waals surface area contributed by atoms with Crippen LogP contribution in [0.15, 0.2) is 72.8 Å². The van der Waals surface area contributed by atoms with E-state index in [1.807, 2.05) is 48.5 Å². The van der Waals surface area contributed by atoms with Crippen molar-refractivity contribution >= 4 is 11.9 Å². The molecular formula is C25H24O5. The minimum atomic E-state index is -0.0930. The molecule has 5 nitrogen and oxygen atoms in total. The number of methoxy groups -OCH3 is 2. The van der Waals surface area contributed by atoms with E-state index >= 15 is 0 Å². The number of phenolic OH excluding ortho intramolecular Hbond substituents is 1. The zero-order valence-corrected chi connectivity index (χ0v) is 17.0. The van der Waals surface area contributed by atoms with Gasteiger partial charge in [0.05, 0.1) is 14.2 Å². The lowest BCUT2D eigenvalue weighted by molar-refractivity contribution is -0.114. The van der Waals surface area contributed by atoms with Crippen molar-refractivity contribution in [1.82, 2.24) is 0 Å². The Labute approximate surface area is 176 Å². The molecule has 5 heteroatoms. The number of phenols is 1. The first-order valence-corrected chi connectivity index (χ1v) is 9.57. The topological polar surface area (TPSA) is 65.0 Å². The molecule has 0 spiro atoms. The summed E-state index contributed by atoms with van der Waals surface area (Å²) in [4.78, 5) is 12.3. The van der Waals surface area contributed by atoms with E-state index in [9.17, 15) is 9.90 Å². The minimum absolute atomic E-state index is 0.0432. The first kappa shape index (κ1) is 21.0. The van der Waals surface area contributed by atoms with Gasteiger partial charge in [0, 0.05) is 24.1 Å². The van der Waals surface area contributed by atoms with Crippen molar-refractivity contribution in [2.24, 2.45) is 0 Å². The van der Waals surface area contributed by atoms with Gasteiger partial charge in [-0.25, -0.2) is 0 Å². The molecule has 1 N–H and O–H groups in total. The molecule has 0 aliphatic carbocycles. The highest BCUT2D eigenvalue weighted by Crippen LogP contribution is 2.41. The molecule has 0 heterocycles. The minimum Gasteiger partial charge on any atom is -0.502 e. The lowest BCUT2D eigenvalue weighted by atomic mass is 10.1. The van der Waals surface area contributed by atoms with Crippen molar-refractivity contribution in [3.63, 3.8) is 0 Å². The number of benzene rings is 3. The van der Waals surface area contributed by atoms with Crippen molar-refractivity contribution in [3.05, 3.63) is 83.9 Å². The quantitative estimate of drug-likeness (QED) is 0.483. The highest BCUT2D eigenvalue weighted by Gasteiger charge is 2.13. The second-order valence-corrected chi connectivity index (χ2v) is 6.60. The maximum atomic E-state index is 12.3. The van der Waals surface area contributed by atoms with Crippen LogP contribution in [0.3, 0.4) is 0 Å². The number of para-hydroxylation sites is 1. The molecule has 0 saturated carbocycles. The average molecular weight is 404 g/mol. The third-order valence-electron chi connectivity index (χ3n) is 4.55. The Hall–Kier alpha value is -3.73. The number of allylic oxidation sites excluding steroid dienone is 1. The van der Waals surface area contributed by atoms with Gasteiger partial charge in [0.1, 0.15) is 11.5 Å². The monoisotopic (exact) mass is 404 g/mol. The van der Waals surface area contributed by atoms with Crippen LogP contribution in [0.2, 0.25) is 0 Å². The standard InChI is InChI=1S/C25H24O5/c1-28-23-16-21(17-24(29-2)25(23)27)30-22-11-7-6-10-19(22)13-15-20(26)14-12-18-8-4-3-5-9-18/h3-11,13,15-17,27H,12,14H2,1-2H3. The van der Waals surface area contributed by atoms with Crippen LogP contribution in [0.25, 0.3) is 6.08 Å².